The molecule has 2 aliphatic rings. The number of aromatic amines is 1. The number of amides is 2. The number of morpholine rings is 1. The highest BCUT2D eigenvalue weighted by atomic mass is 16.5. The number of nitrogens with one attached hydrogen (secondary N) is 2. The summed E-state index contributed by atoms with van der Waals surface area (Å²) >= 11 is 0. The number of H-pyrrole nitrogens is 1. The first kappa shape index (κ1) is 37.6. The number of carbonyl (C=O) groups excluding carboxylic acids is 3. The summed E-state index contributed by atoms with van der Waals surface area (Å²) in [5, 5.41) is 3.00. The average Bonchev–Trinajstić information content (AvgIpc) is 3.59. The predicted octanol–water partition coefficient (Wildman–Crippen LogP) is 4.75. The van der Waals surface area contributed by atoms with Gasteiger partial charge in [0.2, 0.25) is 0 Å². The summed E-state index contributed by atoms with van der Waals surface area (Å²) in [6.45, 7) is 9.71. The lowest BCUT2D eigenvalue weighted by Gasteiger charge is -2.34. The molecule has 2 amide bonds. The Morgan fingerprint density at radius 2 is 1.79 bits per heavy atom. The fourth-order valence-corrected chi connectivity index (χ4v) is 6.68. The lowest BCUT2D eigenvalue weighted by atomic mass is 10.1. The van der Waals surface area contributed by atoms with Gasteiger partial charge in [0.1, 0.15) is 23.3 Å². The third kappa shape index (κ3) is 9.24. The topological polar surface area (TPSA) is 133 Å². The summed E-state index contributed by atoms with van der Waals surface area (Å²) < 4.78 is 17.3. The molecule has 3 heterocycles. The van der Waals surface area contributed by atoms with Gasteiger partial charge in [0.05, 0.1) is 67.1 Å². The van der Waals surface area contributed by atoms with Crippen molar-refractivity contribution in [3.63, 3.8) is 0 Å². The molecule has 3 aromatic carbocycles. The van der Waals surface area contributed by atoms with E-state index in [9.17, 15) is 14.4 Å². The summed E-state index contributed by atoms with van der Waals surface area (Å²) in [5.74, 6) is 3.17. The number of aryl methyl sites for hydroxylation is 1. The molecule has 2 N–H and O–H groups in total. The van der Waals surface area contributed by atoms with E-state index in [1.165, 1.54) is 12.0 Å². The van der Waals surface area contributed by atoms with Gasteiger partial charge in [-0.3, -0.25) is 14.5 Å². The summed E-state index contributed by atoms with van der Waals surface area (Å²) in [4.78, 5) is 55.4. The van der Waals surface area contributed by atoms with Crippen molar-refractivity contribution in [2.24, 2.45) is 0 Å². The molecule has 0 saturated carbocycles. The van der Waals surface area contributed by atoms with E-state index < -0.39 is 0 Å². The molecule has 0 spiro atoms. The van der Waals surface area contributed by atoms with Crippen LogP contribution in [-0.4, -0.2) is 123 Å². The van der Waals surface area contributed by atoms with Gasteiger partial charge < -0.3 is 39.2 Å². The summed E-state index contributed by atoms with van der Waals surface area (Å²) in [7, 11) is 5.26. The zero-order chi connectivity index (χ0) is 37.3. The van der Waals surface area contributed by atoms with Gasteiger partial charge in [-0.15, -0.1) is 0 Å². The van der Waals surface area contributed by atoms with Crippen LogP contribution in [0.3, 0.4) is 0 Å². The van der Waals surface area contributed by atoms with E-state index in [1.807, 2.05) is 43.3 Å². The van der Waals surface area contributed by atoms with Crippen LogP contribution in [0.2, 0.25) is 0 Å². The zero-order valence-corrected chi connectivity index (χ0v) is 31.1. The number of nitrogens with zero attached hydrogens (tertiary/aromatic N) is 5. The van der Waals surface area contributed by atoms with Crippen LogP contribution < -0.4 is 19.7 Å². The zero-order valence-electron chi connectivity index (χ0n) is 31.1. The fraction of sp³-hybridized carbons (Fsp3) is 0.425. The number of allylic oxidation sites excluding steroid dienone is 1. The molecule has 0 atom stereocenters. The quantitative estimate of drug-likeness (QED) is 0.139. The van der Waals surface area contributed by atoms with E-state index in [2.05, 4.69) is 38.0 Å². The van der Waals surface area contributed by atoms with Crippen molar-refractivity contribution >= 4 is 40.2 Å². The largest absolute Gasteiger partial charge is 0.496 e. The fourth-order valence-electron chi connectivity index (χ4n) is 6.68. The molecule has 4 aromatic rings. The minimum atomic E-state index is -0.375. The van der Waals surface area contributed by atoms with Gasteiger partial charge in [0, 0.05) is 51.9 Å². The number of ether oxygens (including phenoxy) is 3. The molecule has 13 nitrogen and oxygen atoms in total. The predicted molar refractivity (Wildman–Crippen MR) is 205 cm³/mol. The third-order valence-electron chi connectivity index (χ3n) is 9.84. The number of hydrogen-bond donors (Lipinski definition) is 2. The van der Waals surface area contributed by atoms with Crippen LogP contribution in [-0.2, 0) is 16.1 Å². The number of piperazine rings is 1. The van der Waals surface area contributed by atoms with Gasteiger partial charge in [-0.25, -0.2) is 9.78 Å². The Morgan fingerprint density at radius 3 is 2.55 bits per heavy atom. The highest BCUT2D eigenvalue weighted by Gasteiger charge is 2.22. The smallest absolute Gasteiger partial charge is 0.259 e. The van der Waals surface area contributed by atoms with E-state index in [0.29, 0.717) is 55.5 Å². The molecule has 13 heteroatoms. The van der Waals surface area contributed by atoms with Crippen LogP contribution in [0.1, 0.15) is 51.4 Å². The van der Waals surface area contributed by atoms with Crippen molar-refractivity contribution in [3.05, 3.63) is 82.8 Å². The molecular formula is C40H49N7O6. The van der Waals surface area contributed by atoms with Gasteiger partial charge in [0.25, 0.3) is 11.8 Å². The molecule has 2 fully saturated rings. The van der Waals surface area contributed by atoms with Crippen LogP contribution in [0, 0.1) is 6.92 Å². The summed E-state index contributed by atoms with van der Waals surface area (Å²) in [5.41, 5.74) is 5.08. The van der Waals surface area contributed by atoms with E-state index in [1.54, 1.807) is 25.2 Å². The Morgan fingerprint density at radius 1 is 1.00 bits per heavy atom. The number of benzene rings is 3. The summed E-state index contributed by atoms with van der Waals surface area (Å²) in [6, 6.07) is 16.1. The van der Waals surface area contributed by atoms with Crippen LogP contribution >= 0.6 is 0 Å². The first-order chi connectivity index (χ1) is 25.7. The molecular weight excluding hydrogens is 674 g/mol. The second kappa shape index (κ2) is 17.5. The van der Waals surface area contributed by atoms with Crippen LogP contribution in [0.5, 0.6) is 11.5 Å². The Labute approximate surface area is 310 Å². The normalized spacial score (nSPS) is 15.2. The number of carbonyl (C=O) groups is 2. The van der Waals surface area contributed by atoms with Crippen molar-refractivity contribution in [2.45, 2.75) is 32.7 Å². The van der Waals surface area contributed by atoms with Gasteiger partial charge in [0.15, 0.2) is 0 Å². The minimum absolute atomic E-state index is 0.271. The molecule has 0 bridgehead atoms. The first-order valence-electron chi connectivity index (χ1n) is 18.2. The molecule has 0 aliphatic carbocycles. The van der Waals surface area contributed by atoms with Crippen molar-refractivity contribution in [1.29, 1.82) is 0 Å². The third-order valence-corrected chi connectivity index (χ3v) is 9.84. The molecule has 2 aliphatic heterocycles. The van der Waals surface area contributed by atoms with Crippen molar-refractivity contribution in [2.75, 3.05) is 90.5 Å². The van der Waals surface area contributed by atoms with E-state index >= 15 is 0 Å². The lowest BCUT2D eigenvalue weighted by molar-refractivity contribution is 0.0332. The van der Waals surface area contributed by atoms with Gasteiger partial charge in [-0.2, -0.15) is 0 Å². The van der Waals surface area contributed by atoms with Crippen LogP contribution in [0.4, 0.5) is 11.4 Å². The molecule has 6 rings (SSSR count). The maximum absolute atomic E-state index is 13.8. The number of imidazole rings is 1. The highest BCUT2D eigenvalue weighted by Crippen LogP contribution is 2.32. The Bertz CT molecular complexity index is 1960. The van der Waals surface area contributed by atoms with Crippen molar-refractivity contribution in [3.8, 4) is 11.5 Å². The van der Waals surface area contributed by atoms with Crippen LogP contribution in [0.25, 0.3) is 11.0 Å². The maximum atomic E-state index is 13.8. The molecule has 0 radical (unpaired) electrons. The Kier molecular flexibility index (Phi) is 12.4. The Hall–Kier alpha value is -5.20. The van der Waals surface area contributed by atoms with Gasteiger partial charge in [-0.1, -0.05) is 12.1 Å². The van der Waals surface area contributed by atoms with Crippen LogP contribution in [0.15, 0.2) is 60.3 Å². The highest BCUT2D eigenvalue weighted by molar-refractivity contribution is 6.11. The van der Waals surface area contributed by atoms with E-state index in [0.717, 1.165) is 80.2 Å². The van der Waals surface area contributed by atoms with Gasteiger partial charge >= 0.3 is 0 Å². The number of aromatic nitrogens is 2. The molecule has 1 aromatic heterocycles. The SMILES string of the molecule is COc1cc(C(=O)N(C)c2ccc(C)cc2OCCCCC(=C=O)N2CCN(C)CC2)ccc1C(=O)Nc1cccc2nc(CN3CCOCC3)[nH]c12. The van der Waals surface area contributed by atoms with E-state index in [-0.39, 0.29) is 23.1 Å². The standard InChI is InChI=1S/C40H49N7O6/c1-28-11-14-34(36(24-28)53-21-6-5-8-30(27-48)47-17-15-44(2)16-18-47)45(3)40(50)29-12-13-31(35(25-29)51-4)39(49)42-33-10-7-9-32-38(33)43-37(41-32)26-46-19-22-52-23-20-46/h7,9-14,24-25H,5-6,8,15-23,26H2,1-4H3,(H,41,43)(H,42,49). The number of unbranched alkanes of at least 4 members (excludes halogenated alkanes) is 1. The molecule has 2 saturated heterocycles. The number of hydrogen-bond acceptors (Lipinski definition) is 10. The number of anilines is 2. The Balaban J connectivity index is 1.09. The monoisotopic (exact) mass is 723 g/mol. The number of rotatable bonds is 14. The number of fused-ring (bicyclic) bond motifs is 1. The van der Waals surface area contributed by atoms with Gasteiger partial charge in [-0.05, 0) is 81.3 Å². The average molecular weight is 724 g/mol. The second-order valence-corrected chi connectivity index (χ2v) is 13.6. The molecule has 0 unspecified atom stereocenters. The molecule has 53 heavy (non-hydrogen) atoms. The van der Waals surface area contributed by atoms with Crippen molar-refractivity contribution in [1.82, 2.24) is 24.7 Å². The first-order valence-corrected chi connectivity index (χ1v) is 18.2. The number of para-hydroxylation sites is 1. The number of methoxy groups -OCH3 is 1. The second-order valence-electron chi connectivity index (χ2n) is 13.6. The minimum Gasteiger partial charge on any atom is -0.496 e. The van der Waals surface area contributed by atoms with E-state index in [4.69, 9.17) is 19.2 Å². The molecule has 280 valence electrons. The summed E-state index contributed by atoms with van der Waals surface area (Å²) in [6.07, 6.45) is 2.19. The van der Waals surface area contributed by atoms with Crippen molar-refractivity contribution < 1.29 is 28.6 Å². The maximum Gasteiger partial charge on any atom is 0.259 e. The lowest BCUT2D eigenvalue weighted by Crippen LogP contribution is -2.44. The number of likely N-dealkylation sites (N-methyl/N-ethyl adjacent to an activating group) is 1.